The molecule has 1 aromatic heterocycles. The molecule has 7 nitrogen and oxygen atoms in total. The Morgan fingerprint density at radius 2 is 2.16 bits per heavy atom. The number of rotatable bonds is 5. The average Bonchev–Trinajstić information content (AvgIpc) is 2.75. The van der Waals surface area contributed by atoms with Gasteiger partial charge in [-0.25, -0.2) is 4.79 Å². The third kappa shape index (κ3) is 2.93. The van der Waals surface area contributed by atoms with E-state index in [9.17, 15) is 14.7 Å². The van der Waals surface area contributed by atoms with Crippen LogP contribution in [0, 0.1) is 0 Å². The van der Waals surface area contributed by atoms with Crippen LogP contribution in [0.1, 0.15) is 32.4 Å². The number of carboxylic acids is 1. The van der Waals surface area contributed by atoms with Gasteiger partial charge in [-0.2, -0.15) is 5.10 Å². The van der Waals surface area contributed by atoms with Crippen molar-refractivity contribution in [1.82, 2.24) is 14.7 Å². The van der Waals surface area contributed by atoms with Gasteiger partial charge in [0.05, 0.1) is 6.20 Å². The molecule has 1 heterocycles. The van der Waals surface area contributed by atoms with Crippen LogP contribution in [0.25, 0.3) is 0 Å². The van der Waals surface area contributed by atoms with Crippen molar-refractivity contribution in [3.63, 3.8) is 0 Å². The van der Waals surface area contributed by atoms with E-state index >= 15 is 0 Å². The molecule has 0 aromatic carbocycles. The first-order chi connectivity index (χ1) is 8.71. The van der Waals surface area contributed by atoms with Crippen molar-refractivity contribution < 1.29 is 14.7 Å². The zero-order valence-electron chi connectivity index (χ0n) is 11.6. The smallest absolute Gasteiger partial charge is 0.329 e. The molecule has 1 unspecified atom stereocenters. The van der Waals surface area contributed by atoms with Gasteiger partial charge < -0.3 is 15.7 Å². The molecule has 0 bridgehead atoms. The summed E-state index contributed by atoms with van der Waals surface area (Å²) in [6.45, 7) is 4.95. The van der Waals surface area contributed by atoms with Crippen LogP contribution < -0.4 is 5.73 Å². The second-order valence-electron chi connectivity index (χ2n) is 4.87. The lowest BCUT2D eigenvalue weighted by molar-refractivity contribution is -0.157. The molecule has 0 fully saturated rings. The molecule has 0 saturated heterocycles. The van der Waals surface area contributed by atoms with E-state index in [1.807, 2.05) is 0 Å². The molecule has 7 heteroatoms. The van der Waals surface area contributed by atoms with Gasteiger partial charge in [-0.1, -0.05) is 0 Å². The van der Waals surface area contributed by atoms with Crippen molar-refractivity contribution in [3.8, 4) is 0 Å². The van der Waals surface area contributed by atoms with Crippen LogP contribution in [-0.4, -0.2) is 43.7 Å². The van der Waals surface area contributed by atoms with Crippen LogP contribution in [0.3, 0.4) is 0 Å². The van der Waals surface area contributed by atoms with Crippen molar-refractivity contribution in [2.75, 3.05) is 6.54 Å². The molecular formula is C12H20N4O3. The maximum Gasteiger partial charge on any atom is 0.329 e. The van der Waals surface area contributed by atoms with Gasteiger partial charge >= 0.3 is 5.97 Å². The number of aliphatic carboxylic acids is 1. The molecule has 0 spiro atoms. The van der Waals surface area contributed by atoms with E-state index in [1.54, 1.807) is 24.9 Å². The number of nitrogens with two attached hydrogens (primary N) is 1. The molecule has 0 aliphatic rings. The minimum Gasteiger partial charge on any atom is -0.480 e. The van der Waals surface area contributed by atoms with Crippen molar-refractivity contribution in [2.45, 2.75) is 32.4 Å². The SMILES string of the molecule is CCN(C(=O)C(N)c1cnn(C)c1)C(C)(C)C(=O)O. The Labute approximate surface area is 112 Å². The number of amides is 1. The van der Waals surface area contributed by atoms with E-state index in [1.165, 1.54) is 24.9 Å². The fraction of sp³-hybridized carbons (Fsp3) is 0.583. The molecule has 0 radical (unpaired) electrons. The number of hydrogen-bond acceptors (Lipinski definition) is 4. The number of aryl methyl sites for hydroxylation is 1. The normalized spacial score (nSPS) is 13.1. The largest absolute Gasteiger partial charge is 0.480 e. The van der Waals surface area contributed by atoms with E-state index < -0.39 is 23.5 Å². The molecular weight excluding hydrogens is 248 g/mol. The first-order valence-corrected chi connectivity index (χ1v) is 6.00. The fourth-order valence-electron chi connectivity index (χ4n) is 1.85. The van der Waals surface area contributed by atoms with Gasteiger partial charge in [-0.05, 0) is 20.8 Å². The van der Waals surface area contributed by atoms with E-state index in [4.69, 9.17) is 5.73 Å². The van der Waals surface area contributed by atoms with E-state index in [2.05, 4.69) is 5.10 Å². The topological polar surface area (TPSA) is 101 Å². The van der Waals surface area contributed by atoms with Crippen LogP contribution in [0.5, 0.6) is 0 Å². The van der Waals surface area contributed by atoms with Gasteiger partial charge in [0.1, 0.15) is 11.6 Å². The van der Waals surface area contributed by atoms with Gasteiger partial charge in [-0.3, -0.25) is 9.48 Å². The van der Waals surface area contributed by atoms with Crippen LogP contribution >= 0.6 is 0 Å². The summed E-state index contributed by atoms with van der Waals surface area (Å²) in [5, 5.41) is 13.1. The minimum atomic E-state index is -1.30. The zero-order chi connectivity index (χ0) is 14.8. The van der Waals surface area contributed by atoms with Gasteiger partial charge in [-0.15, -0.1) is 0 Å². The highest BCUT2D eigenvalue weighted by Crippen LogP contribution is 2.20. The number of carboxylic acid groups (broad SMARTS) is 1. The second kappa shape index (κ2) is 5.40. The monoisotopic (exact) mass is 268 g/mol. The van der Waals surface area contributed by atoms with Crippen LogP contribution in [0.15, 0.2) is 12.4 Å². The number of carbonyl (C=O) groups excluding carboxylic acids is 1. The van der Waals surface area contributed by atoms with E-state index in [-0.39, 0.29) is 6.54 Å². The standard InChI is InChI=1S/C12H20N4O3/c1-5-16(12(2,3)11(18)19)10(17)9(13)8-6-14-15(4)7-8/h6-7,9H,5,13H2,1-4H3,(H,18,19). The van der Waals surface area contributed by atoms with Gasteiger partial charge in [0, 0.05) is 25.4 Å². The third-order valence-corrected chi connectivity index (χ3v) is 3.13. The molecule has 0 aliphatic carbocycles. The number of aromatic nitrogens is 2. The maximum atomic E-state index is 12.3. The molecule has 1 amide bonds. The number of nitrogens with zero attached hydrogens (tertiary/aromatic N) is 3. The highest BCUT2D eigenvalue weighted by molar-refractivity contribution is 5.89. The lowest BCUT2D eigenvalue weighted by Gasteiger charge is -2.35. The minimum absolute atomic E-state index is 0.270. The lowest BCUT2D eigenvalue weighted by atomic mass is 10.0. The van der Waals surface area contributed by atoms with E-state index in [0.717, 1.165) is 0 Å². The predicted octanol–water partition coefficient (Wildman–Crippen LogP) is 0.132. The maximum absolute atomic E-state index is 12.3. The Kier molecular flexibility index (Phi) is 4.31. The summed E-state index contributed by atoms with van der Waals surface area (Å²) in [6, 6.07) is -0.910. The van der Waals surface area contributed by atoms with Crippen LogP contribution in [0.4, 0.5) is 0 Å². The van der Waals surface area contributed by atoms with Crippen molar-refractivity contribution >= 4 is 11.9 Å². The molecule has 19 heavy (non-hydrogen) atoms. The Morgan fingerprint density at radius 3 is 2.53 bits per heavy atom. The Morgan fingerprint density at radius 1 is 1.58 bits per heavy atom. The first-order valence-electron chi connectivity index (χ1n) is 6.00. The van der Waals surface area contributed by atoms with Gasteiger partial charge in [0.2, 0.25) is 5.91 Å². The lowest BCUT2D eigenvalue weighted by Crippen LogP contribution is -2.55. The Balaban J connectivity index is 3.00. The summed E-state index contributed by atoms with van der Waals surface area (Å²) in [6.07, 6.45) is 3.15. The number of hydrogen-bond donors (Lipinski definition) is 2. The summed E-state index contributed by atoms with van der Waals surface area (Å²) in [4.78, 5) is 24.8. The average molecular weight is 268 g/mol. The highest BCUT2D eigenvalue weighted by Gasteiger charge is 2.39. The highest BCUT2D eigenvalue weighted by atomic mass is 16.4. The molecule has 0 aliphatic heterocycles. The molecule has 1 rings (SSSR count). The van der Waals surface area contributed by atoms with Gasteiger partial charge in [0.25, 0.3) is 0 Å². The second-order valence-corrected chi connectivity index (χ2v) is 4.87. The Bertz CT molecular complexity index is 481. The first kappa shape index (κ1) is 15.2. The van der Waals surface area contributed by atoms with Crippen molar-refractivity contribution in [3.05, 3.63) is 18.0 Å². The zero-order valence-corrected chi connectivity index (χ0v) is 11.6. The van der Waals surface area contributed by atoms with Crippen molar-refractivity contribution in [1.29, 1.82) is 0 Å². The summed E-state index contributed by atoms with van der Waals surface area (Å²) >= 11 is 0. The Hall–Kier alpha value is -1.89. The quantitative estimate of drug-likeness (QED) is 0.790. The third-order valence-electron chi connectivity index (χ3n) is 3.13. The van der Waals surface area contributed by atoms with Crippen LogP contribution in [0.2, 0.25) is 0 Å². The van der Waals surface area contributed by atoms with Gasteiger partial charge in [0.15, 0.2) is 0 Å². The summed E-state index contributed by atoms with van der Waals surface area (Å²) in [5.74, 6) is -1.50. The summed E-state index contributed by atoms with van der Waals surface area (Å²) in [7, 11) is 1.72. The fourth-order valence-corrected chi connectivity index (χ4v) is 1.85. The predicted molar refractivity (Wildman–Crippen MR) is 69.2 cm³/mol. The molecule has 1 atom stereocenters. The van der Waals surface area contributed by atoms with Crippen LogP contribution in [-0.2, 0) is 16.6 Å². The molecule has 1 aromatic rings. The van der Waals surface area contributed by atoms with Crippen molar-refractivity contribution in [2.24, 2.45) is 12.8 Å². The molecule has 3 N–H and O–H groups in total. The molecule has 0 saturated carbocycles. The van der Waals surface area contributed by atoms with E-state index in [0.29, 0.717) is 5.56 Å². The number of carbonyl (C=O) groups is 2. The molecule has 106 valence electrons. The summed E-state index contributed by atoms with van der Waals surface area (Å²) < 4.78 is 1.54. The summed E-state index contributed by atoms with van der Waals surface area (Å²) in [5.41, 5.74) is 5.15. The number of likely N-dealkylation sites (N-methyl/N-ethyl adjacent to an activating group) is 1.